The number of rotatable bonds is 5. The average Bonchev–Trinajstić information content (AvgIpc) is 3.50. The predicted molar refractivity (Wildman–Crippen MR) is 109 cm³/mol. The lowest BCUT2D eigenvalue weighted by Crippen LogP contribution is -1.89. The highest BCUT2D eigenvalue weighted by Crippen LogP contribution is 2.34. The van der Waals surface area contributed by atoms with Crippen LogP contribution in [0.4, 0.5) is 11.1 Å². The molecule has 0 unspecified atom stereocenters. The average molecular weight is 402 g/mol. The highest BCUT2D eigenvalue weighted by atomic mass is 32.1. The van der Waals surface area contributed by atoms with Crippen molar-refractivity contribution in [3.63, 3.8) is 0 Å². The largest absolute Gasteiger partial charge is 0.415 e. The standard InChI is InChI=1S/C20H14N6O2S/c1-12-15(18-25-23-16(27-18)13-8-4-2-5-9-13)29-20(21-12)22-19-26-24-17(28-19)14-10-6-3-7-11-14/h2-11H,1H3,(H,21,22,26). The van der Waals surface area contributed by atoms with Crippen LogP contribution in [0.3, 0.4) is 0 Å². The minimum Gasteiger partial charge on any atom is -0.415 e. The molecule has 5 rings (SSSR count). The maximum absolute atomic E-state index is 5.83. The first-order valence-electron chi connectivity index (χ1n) is 8.79. The maximum Gasteiger partial charge on any atom is 0.322 e. The Kier molecular flexibility index (Phi) is 4.34. The first-order chi connectivity index (χ1) is 14.3. The summed E-state index contributed by atoms with van der Waals surface area (Å²) in [7, 11) is 0. The number of aryl methyl sites for hydroxylation is 1. The number of hydrogen-bond donors (Lipinski definition) is 1. The number of hydrogen-bond acceptors (Lipinski definition) is 9. The Morgan fingerprint density at radius 1 is 0.724 bits per heavy atom. The van der Waals surface area contributed by atoms with Gasteiger partial charge in [0, 0.05) is 11.1 Å². The molecule has 1 N–H and O–H groups in total. The second-order valence-electron chi connectivity index (χ2n) is 6.12. The molecule has 29 heavy (non-hydrogen) atoms. The Balaban J connectivity index is 1.38. The molecule has 0 atom stereocenters. The van der Waals surface area contributed by atoms with E-state index in [1.54, 1.807) is 0 Å². The van der Waals surface area contributed by atoms with Crippen LogP contribution in [0.15, 0.2) is 69.5 Å². The van der Waals surface area contributed by atoms with Crippen molar-refractivity contribution < 1.29 is 8.83 Å². The van der Waals surface area contributed by atoms with Gasteiger partial charge in [0.05, 0.1) is 5.69 Å². The highest BCUT2D eigenvalue weighted by molar-refractivity contribution is 7.19. The fourth-order valence-electron chi connectivity index (χ4n) is 2.72. The van der Waals surface area contributed by atoms with Crippen molar-refractivity contribution in [3.05, 3.63) is 66.4 Å². The summed E-state index contributed by atoms with van der Waals surface area (Å²) in [5, 5.41) is 20.0. The van der Waals surface area contributed by atoms with E-state index in [1.165, 1.54) is 11.3 Å². The van der Waals surface area contributed by atoms with Gasteiger partial charge in [0.25, 0.3) is 5.89 Å². The quantitative estimate of drug-likeness (QED) is 0.440. The Hall–Kier alpha value is -3.85. The summed E-state index contributed by atoms with van der Waals surface area (Å²) in [4.78, 5) is 5.28. The van der Waals surface area contributed by atoms with Crippen LogP contribution in [0, 0.1) is 6.92 Å². The van der Waals surface area contributed by atoms with E-state index in [4.69, 9.17) is 8.83 Å². The fraction of sp³-hybridized carbons (Fsp3) is 0.0500. The molecule has 9 heteroatoms. The molecule has 0 aliphatic rings. The lowest BCUT2D eigenvalue weighted by Gasteiger charge is -1.94. The Morgan fingerprint density at radius 3 is 2.00 bits per heavy atom. The summed E-state index contributed by atoms with van der Waals surface area (Å²) in [6.45, 7) is 1.88. The van der Waals surface area contributed by atoms with Crippen LogP contribution < -0.4 is 5.32 Å². The molecular weight excluding hydrogens is 388 g/mol. The number of nitrogens with one attached hydrogen (secondary N) is 1. The van der Waals surface area contributed by atoms with E-state index in [0.717, 1.165) is 21.7 Å². The summed E-state index contributed by atoms with van der Waals surface area (Å²) in [5.74, 6) is 1.32. The zero-order chi connectivity index (χ0) is 19.6. The second-order valence-corrected chi connectivity index (χ2v) is 7.11. The van der Waals surface area contributed by atoms with Crippen LogP contribution in [-0.2, 0) is 0 Å². The van der Waals surface area contributed by atoms with Gasteiger partial charge >= 0.3 is 6.01 Å². The Labute approximate surface area is 169 Å². The van der Waals surface area contributed by atoms with Gasteiger partial charge in [-0.25, -0.2) is 4.98 Å². The zero-order valence-electron chi connectivity index (χ0n) is 15.2. The number of nitrogens with zero attached hydrogens (tertiary/aromatic N) is 5. The van der Waals surface area contributed by atoms with Crippen LogP contribution in [-0.4, -0.2) is 25.4 Å². The molecule has 2 aromatic carbocycles. The summed E-state index contributed by atoms with van der Waals surface area (Å²) >= 11 is 1.37. The summed E-state index contributed by atoms with van der Waals surface area (Å²) < 4.78 is 11.5. The van der Waals surface area contributed by atoms with Gasteiger partial charge in [0.15, 0.2) is 5.13 Å². The van der Waals surface area contributed by atoms with Gasteiger partial charge in [0.2, 0.25) is 11.8 Å². The molecule has 3 heterocycles. The molecule has 0 saturated carbocycles. The van der Waals surface area contributed by atoms with Gasteiger partial charge in [-0.15, -0.1) is 15.3 Å². The van der Waals surface area contributed by atoms with Crippen molar-refractivity contribution in [2.45, 2.75) is 6.92 Å². The van der Waals surface area contributed by atoms with Gasteiger partial charge in [-0.1, -0.05) is 52.8 Å². The number of anilines is 2. The first-order valence-corrected chi connectivity index (χ1v) is 9.60. The van der Waals surface area contributed by atoms with Crippen molar-refractivity contribution in [3.8, 4) is 33.7 Å². The van der Waals surface area contributed by atoms with Crippen LogP contribution in [0.5, 0.6) is 0 Å². The van der Waals surface area contributed by atoms with E-state index >= 15 is 0 Å². The molecular formula is C20H14N6O2S. The zero-order valence-corrected chi connectivity index (χ0v) is 16.1. The molecule has 0 aliphatic heterocycles. The van der Waals surface area contributed by atoms with Crippen molar-refractivity contribution in [2.75, 3.05) is 5.32 Å². The molecule has 0 amide bonds. The van der Waals surface area contributed by atoms with Gasteiger partial charge in [-0.3, -0.25) is 5.32 Å². The van der Waals surface area contributed by atoms with E-state index < -0.39 is 0 Å². The van der Waals surface area contributed by atoms with Crippen LogP contribution in [0.25, 0.3) is 33.7 Å². The van der Waals surface area contributed by atoms with Gasteiger partial charge in [0.1, 0.15) is 4.88 Å². The predicted octanol–water partition coefficient (Wildman–Crippen LogP) is 4.96. The van der Waals surface area contributed by atoms with E-state index in [0.29, 0.717) is 22.8 Å². The molecule has 0 aliphatic carbocycles. The second kappa shape index (κ2) is 7.28. The smallest absolute Gasteiger partial charge is 0.322 e. The van der Waals surface area contributed by atoms with E-state index in [2.05, 4.69) is 30.7 Å². The first kappa shape index (κ1) is 17.3. The van der Waals surface area contributed by atoms with Gasteiger partial charge < -0.3 is 8.83 Å². The lowest BCUT2D eigenvalue weighted by molar-refractivity contribution is 0.585. The minimum atomic E-state index is 0.264. The molecule has 3 aromatic heterocycles. The Morgan fingerprint density at radius 2 is 1.31 bits per heavy atom. The summed E-state index contributed by atoms with van der Waals surface area (Å²) in [5.41, 5.74) is 2.48. The van der Waals surface area contributed by atoms with Crippen LogP contribution in [0.1, 0.15) is 5.69 Å². The minimum absolute atomic E-state index is 0.264. The highest BCUT2D eigenvalue weighted by Gasteiger charge is 2.18. The van der Waals surface area contributed by atoms with Crippen molar-refractivity contribution in [1.29, 1.82) is 0 Å². The van der Waals surface area contributed by atoms with Crippen molar-refractivity contribution in [2.24, 2.45) is 0 Å². The third-order valence-electron chi connectivity index (χ3n) is 4.10. The molecule has 0 spiro atoms. The van der Waals surface area contributed by atoms with E-state index in [1.807, 2.05) is 67.6 Å². The molecule has 142 valence electrons. The molecule has 8 nitrogen and oxygen atoms in total. The third kappa shape index (κ3) is 3.50. The van der Waals surface area contributed by atoms with E-state index in [-0.39, 0.29) is 6.01 Å². The molecule has 5 aromatic rings. The third-order valence-corrected chi connectivity index (χ3v) is 5.16. The topological polar surface area (TPSA) is 103 Å². The normalized spacial score (nSPS) is 10.9. The lowest BCUT2D eigenvalue weighted by atomic mass is 10.2. The molecule has 0 fully saturated rings. The number of benzene rings is 2. The monoisotopic (exact) mass is 402 g/mol. The molecule has 0 bridgehead atoms. The number of aromatic nitrogens is 5. The van der Waals surface area contributed by atoms with Crippen LogP contribution >= 0.6 is 11.3 Å². The molecule has 0 radical (unpaired) electrons. The summed E-state index contributed by atoms with van der Waals surface area (Å²) in [6, 6.07) is 19.5. The fourth-order valence-corrected chi connectivity index (χ4v) is 3.60. The number of thiazole rings is 1. The summed E-state index contributed by atoms with van der Waals surface area (Å²) in [6.07, 6.45) is 0. The van der Waals surface area contributed by atoms with Crippen LogP contribution in [0.2, 0.25) is 0 Å². The van der Waals surface area contributed by atoms with Gasteiger partial charge in [-0.2, -0.15) is 0 Å². The molecule has 0 saturated heterocycles. The Bertz CT molecular complexity index is 1250. The van der Waals surface area contributed by atoms with E-state index in [9.17, 15) is 0 Å². The SMILES string of the molecule is Cc1nc(Nc2nnc(-c3ccccc3)o2)sc1-c1nnc(-c2ccccc2)o1. The van der Waals surface area contributed by atoms with Gasteiger partial charge in [-0.05, 0) is 31.2 Å². The van der Waals surface area contributed by atoms with Crippen molar-refractivity contribution in [1.82, 2.24) is 25.4 Å². The van der Waals surface area contributed by atoms with Crippen molar-refractivity contribution >= 4 is 22.5 Å². The maximum atomic E-state index is 5.83.